The van der Waals surface area contributed by atoms with E-state index in [1.807, 2.05) is 0 Å². The van der Waals surface area contributed by atoms with Crippen molar-refractivity contribution in [3.63, 3.8) is 0 Å². The van der Waals surface area contributed by atoms with Crippen LogP contribution in [0.25, 0.3) is 0 Å². The summed E-state index contributed by atoms with van der Waals surface area (Å²) in [6, 6.07) is 0. The normalized spacial score (nSPS) is 18.2. The van der Waals surface area contributed by atoms with Crippen molar-refractivity contribution in [2.75, 3.05) is 5.33 Å². The summed E-state index contributed by atoms with van der Waals surface area (Å²) in [4.78, 5) is 0. The first kappa shape index (κ1) is 6.89. The maximum Gasteiger partial charge on any atom is 0.0254 e. The summed E-state index contributed by atoms with van der Waals surface area (Å²) >= 11 is 3.40. The molecule has 0 amide bonds. The second-order valence-electron chi connectivity index (χ2n) is 2.21. The Hall–Kier alpha value is -0.220. The fourth-order valence-corrected chi connectivity index (χ4v) is 1.75. The van der Waals surface area contributed by atoms with E-state index in [0.717, 1.165) is 11.8 Å². The van der Waals surface area contributed by atoms with Gasteiger partial charge in [-0.25, -0.2) is 0 Å². The third-order valence-electron chi connectivity index (χ3n) is 1.67. The molecule has 0 saturated carbocycles. The molecular formula is C8H9Br. The molecular weight excluding hydrogens is 176 g/mol. The van der Waals surface area contributed by atoms with E-state index in [0.29, 0.717) is 0 Å². The van der Waals surface area contributed by atoms with E-state index in [1.165, 1.54) is 24.0 Å². The van der Waals surface area contributed by atoms with Gasteiger partial charge in [-0.3, -0.25) is 0 Å². The highest BCUT2D eigenvalue weighted by Gasteiger charge is 2.10. The second kappa shape index (κ2) is 3.08. The van der Waals surface area contributed by atoms with Gasteiger partial charge in [0.15, 0.2) is 0 Å². The predicted molar refractivity (Wildman–Crippen MR) is 43.5 cm³/mol. The van der Waals surface area contributed by atoms with Crippen LogP contribution in [0.5, 0.6) is 0 Å². The minimum Gasteiger partial charge on any atom is -0.115 e. The molecule has 48 valence electrons. The molecule has 0 radical (unpaired) electrons. The highest BCUT2D eigenvalue weighted by Crippen LogP contribution is 2.26. The lowest BCUT2D eigenvalue weighted by molar-refractivity contribution is 0.902. The molecule has 0 aliphatic heterocycles. The molecule has 1 aliphatic rings. The summed E-state index contributed by atoms with van der Waals surface area (Å²) in [5.74, 6) is 2.71. The maximum absolute atomic E-state index is 5.27. The van der Waals surface area contributed by atoms with E-state index in [2.05, 4.69) is 21.9 Å². The van der Waals surface area contributed by atoms with Crippen LogP contribution in [0, 0.1) is 12.3 Å². The molecule has 0 aromatic rings. The molecule has 0 spiro atoms. The van der Waals surface area contributed by atoms with Crippen LogP contribution >= 0.6 is 15.9 Å². The Balaban J connectivity index is 2.73. The largest absolute Gasteiger partial charge is 0.115 e. The van der Waals surface area contributed by atoms with Gasteiger partial charge in [0, 0.05) is 10.9 Å². The number of terminal acetylenes is 1. The van der Waals surface area contributed by atoms with Gasteiger partial charge in [-0.05, 0) is 24.8 Å². The summed E-state index contributed by atoms with van der Waals surface area (Å²) in [6.07, 6.45) is 8.84. The van der Waals surface area contributed by atoms with Crippen LogP contribution in [0.15, 0.2) is 11.1 Å². The van der Waals surface area contributed by atoms with E-state index >= 15 is 0 Å². The molecule has 0 aromatic heterocycles. The summed E-state index contributed by atoms with van der Waals surface area (Å²) in [7, 11) is 0. The zero-order valence-corrected chi connectivity index (χ0v) is 6.87. The molecule has 1 rings (SSSR count). The van der Waals surface area contributed by atoms with Gasteiger partial charge < -0.3 is 0 Å². The van der Waals surface area contributed by atoms with Crippen LogP contribution in [0.2, 0.25) is 0 Å². The van der Waals surface area contributed by atoms with Gasteiger partial charge in [-0.2, -0.15) is 0 Å². The van der Waals surface area contributed by atoms with Crippen molar-refractivity contribution < 1.29 is 0 Å². The average molecular weight is 185 g/mol. The lowest BCUT2D eigenvalue weighted by Crippen LogP contribution is -1.80. The Bertz CT molecular complexity index is 171. The van der Waals surface area contributed by atoms with Crippen molar-refractivity contribution in [1.82, 2.24) is 0 Å². The second-order valence-corrected chi connectivity index (χ2v) is 2.77. The maximum atomic E-state index is 5.27. The minimum absolute atomic E-state index is 0.965. The quantitative estimate of drug-likeness (QED) is 0.435. The lowest BCUT2D eigenvalue weighted by atomic mass is 10.2. The van der Waals surface area contributed by atoms with Gasteiger partial charge >= 0.3 is 0 Å². The van der Waals surface area contributed by atoms with Crippen molar-refractivity contribution in [2.24, 2.45) is 0 Å². The van der Waals surface area contributed by atoms with Crippen molar-refractivity contribution >= 4 is 15.9 Å². The van der Waals surface area contributed by atoms with Gasteiger partial charge in [0.25, 0.3) is 0 Å². The number of allylic oxidation sites excluding steroid dienone is 2. The Kier molecular flexibility index (Phi) is 2.36. The molecule has 0 atom stereocenters. The highest BCUT2D eigenvalue weighted by molar-refractivity contribution is 9.09. The summed E-state index contributed by atoms with van der Waals surface area (Å²) < 4.78 is 0. The molecule has 0 bridgehead atoms. The van der Waals surface area contributed by atoms with Crippen LogP contribution in [0.4, 0.5) is 0 Å². The Morgan fingerprint density at radius 3 is 2.78 bits per heavy atom. The first-order valence-electron chi connectivity index (χ1n) is 3.12. The first-order chi connectivity index (χ1) is 4.38. The molecule has 9 heavy (non-hydrogen) atoms. The van der Waals surface area contributed by atoms with E-state index < -0.39 is 0 Å². The van der Waals surface area contributed by atoms with Gasteiger partial charge in [0.05, 0.1) is 0 Å². The number of alkyl halides is 1. The van der Waals surface area contributed by atoms with E-state index in [9.17, 15) is 0 Å². The van der Waals surface area contributed by atoms with Crippen molar-refractivity contribution in [2.45, 2.75) is 19.3 Å². The van der Waals surface area contributed by atoms with Gasteiger partial charge in [-0.1, -0.05) is 21.9 Å². The topological polar surface area (TPSA) is 0 Å². The van der Waals surface area contributed by atoms with Crippen LogP contribution in [-0.4, -0.2) is 5.33 Å². The number of rotatable bonds is 1. The lowest BCUT2D eigenvalue weighted by Gasteiger charge is -1.92. The number of hydrogen-bond acceptors (Lipinski definition) is 0. The van der Waals surface area contributed by atoms with Crippen molar-refractivity contribution in [3.05, 3.63) is 11.1 Å². The first-order valence-corrected chi connectivity index (χ1v) is 4.24. The summed E-state index contributed by atoms with van der Waals surface area (Å²) in [5.41, 5.74) is 2.66. The monoisotopic (exact) mass is 184 g/mol. The predicted octanol–water partition coefficient (Wildman–Crippen LogP) is 2.50. The smallest absolute Gasteiger partial charge is 0.0254 e. The number of halogens is 1. The van der Waals surface area contributed by atoms with Crippen LogP contribution < -0.4 is 0 Å². The fraction of sp³-hybridized carbons (Fsp3) is 0.500. The molecule has 0 unspecified atom stereocenters. The zero-order valence-electron chi connectivity index (χ0n) is 5.28. The molecule has 0 heterocycles. The van der Waals surface area contributed by atoms with E-state index in [-0.39, 0.29) is 0 Å². The zero-order chi connectivity index (χ0) is 6.69. The Labute approximate surface area is 64.5 Å². The van der Waals surface area contributed by atoms with Crippen LogP contribution in [0.1, 0.15) is 19.3 Å². The van der Waals surface area contributed by atoms with Gasteiger partial charge in [0.2, 0.25) is 0 Å². The minimum atomic E-state index is 0.965. The molecule has 0 aromatic carbocycles. The van der Waals surface area contributed by atoms with Crippen molar-refractivity contribution in [1.29, 1.82) is 0 Å². The number of hydrogen-bond donors (Lipinski definition) is 0. The van der Waals surface area contributed by atoms with Crippen LogP contribution in [0.3, 0.4) is 0 Å². The SMILES string of the molecule is C#CC1=C(CBr)CCC1. The third kappa shape index (κ3) is 1.37. The average Bonchev–Trinajstić information content (AvgIpc) is 2.33. The fourth-order valence-electron chi connectivity index (χ4n) is 1.13. The van der Waals surface area contributed by atoms with E-state index in [1.54, 1.807) is 0 Å². The molecule has 1 aliphatic carbocycles. The summed E-state index contributed by atoms with van der Waals surface area (Å²) in [5, 5.41) is 0.965. The molecule has 0 nitrogen and oxygen atoms in total. The van der Waals surface area contributed by atoms with E-state index in [4.69, 9.17) is 6.42 Å². The standard InChI is InChI=1S/C8H9Br/c1-2-7-4-3-5-8(7)6-9/h1H,3-6H2. The Morgan fingerprint density at radius 2 is 2.33 bits per heavy atom. The molecule has 0 saturated heterocycles. The molecule has 0 N–H and O–H groups in total. The third-order valence-corrected chi connectivity index (χ3v) is 2.34. The Morgan fingerprint density at radius 1 is 1.56 bits per heavy atom. The molecule has 1 heteroatoms. The van der Waals surface area contributed by atoms with Crippen LogP contribution in [-0.2, 0) is 0 Å². The summed E-state index contributed by atoms with van der Waals surface area (Å²) in [6.45, 7) is 0. The van der Waals surface area contributed by atoms with Gasteiger partial charge in [-0.15, -0.1) is 6.42 Å². The molecule has 0 fully saturated rings. The van der Waals surface area contributed by atoms with Gasteiger partial charge in [0.1, 0.15) is 0 Å². The van der Waals surface area contributed by atoms with Crippen molar-refractivity contribution in [3.8, 4) is 12.3 Å². The highest BCUT2D eigenvalue weighted by atomic mass is 79.9.